The van der Waals surface area contributed by atoms with Crippen LogP contribution in [0.1, 0.15) is 11.1 Å². The summed E-state index contributed by atoms with van der Waals surface area (Å²) in [4.78, 5) is 29.1. The highest BCUT2D eigenvalue weighted by Gasteiger charge is 2.10. The monoisotopic (exact) mass is 330 g/mol. The van der Waals surface area contributed by atoms with Crippen LogP contribution in [0, 0.1) is 5.82 Å². The molecule has 2 N–H and O–H groups in total. The van der Waals surface area contributed by atoms with E-state index in [1.54, 1.807) is 31.6 Å². The van der Waals surface area contributed by atoms with Crippen molar-refractivity contribution in [1.82, 2.24) is 20.5 Å². The smallest absolute Gasteiger partial charge is 0.315 e. The largest absolute Gasteiger partial charge is 0.340 e. The lowest BCUT2D eigenvalue weighted by Crippen LogP contribution is -2.42. The second kappa shape index (κ2) is 8.61. The van der Waals surface area contributed by atoms with E-state index in [0.29, 0.717) is 6.54 Å². The van der Waals surface area contributed by atoms with Gasteiger partial charge in [-0.3, -0.25) is 9.78 Å². The second-order valence-electron chi connectivity index (χ2n) is 5.27. The van der Waals surface area contributed by atoms with Gasteiger partial charge in [-0.25, -0.2) is 9.18 Å². The van der Waals surface area contributed by atoms with E-state index in [9.17, 15) is 14.0 Å². The van der Waals surface area contributed by atoms with Gasteiger partial charge in [-0.05, 0) is 35.4 Å². The molecule has 3 amide bonds. The maximum absolute atomic E-state index is 12.8. The van der Waals surface area contributed by atoms with Gasteiger partial charge in [0.25, 0.3) is 0 Å². The predicted molar refractivity (Wildman–Crippen MR) is 87.3 cm³/mol. The molecule has 6 nitrogen and oxygen atoms in total. The highest BCUT2D eigenvalue weighted by atomic mass is 19.1. The molecule has 0 saturated carbocycles. The Morgan fingerprint density at radius 3 is 2.38 bits per heavy atom. The summed E-state index contributed by atoms with van der Waals surface area (Å²) in [6.45, 7) is 0.601. The first-order chi connectivity index (χ1) is 11.5. The van der Waals surface area contributed by atoms with Crippen LogP contribution >= 0.6 is 0 Å². The van der Waals surface area contributed by atoms with Crippen molar-refractivity contribution in [3.05, 3.63) is 65.7 Å². The molecule has 0 spiro atoms. The number of carbonyl (C=O) groups excluding carboxylic acids is 2. The van der Waals surface area contributed by atoms with Crippen LogP contribution in [0.5, 0.6) is 0 Å². The SMILES string of the molecule is CN(Cc1ccncc1)C(=O)CNC(=O)NCc1ccc(F)cc1. The quantitative estimate of drug-likeness (QED) is 0.846. The number of amides is 3. The van der Waals surface area contributed by atoms with E-state index < -0.39 is 6.03 Å². The van der Waals surface area contributed by atoms with Crippen LogP contribution in [-0.2, 0) is 17.9 Å². The van der Waals surface area contributed by atoms with Crippen LogP contribution < -0.4 is 10.6 Å². The van der Waals surface area contributed by atoms with Gasteiger partial charge in [0, 0.05) is 32.5 Å². The normalized spacial score (nSPS) is 10.1. The molecule has 2 rings (SSSR count). The molecular weight excluding hydrogens is 311 g/mol. The van der Waals surface area contributed by atoms with Gasteiger partial charge in [-0.15, -0.1) is 0 Å². The zero-order valence-electron chi connectivity index (χ0n) is 13.3. The number of halogens is 1. The molecule has 0 aliphatic rings. The van der Waals surface area contributed by atoms with Gasteiger partial charge in [-0.2, -0.15) is 0 Å². The Morgan fingerprint density at radius 1 is 1.04 bits per heavy atom. The van der Waals surface area contributed by atoms with Crippen LogP contribution in [0.25, 0.3) is 0 Å². The molecule has 1 aromatic heterocycles. The lowest BCUT2D eigenvalue weighted by atomic mass is 10.2. The molecule has 0 radical (unpaired) electrons. The number of urea groups is 1. The number of rotatable bonds is 6. The van der Waals surface area contributed by atoms with Crippen molar-refractivity contribution in [3.8, 4) is 0 Å². The minimum absolute atomic E-state index is 0.100. The summed E-state index contributed by atoms with van der Waals surface area (Å²) in [6.07, 6.45) is 3.32. The zero-order valence-corrected chi connectivity index (χ0v) is 13.3. The maximum atomic E-state index is 12.8. The van der Waals surface area contributed by atoms with Gasteiger partial charge < -0.3 is 15.5 Å². The van der Waals surface area contributed by atoms with E-state index in [-0.39, 0.29) is 24.8 Å². The van der Waals surface area contributed by atoms with Crippen molar-refractivity contribution < 1.29 is 14.0 Å². The topological polar surface area (TPSA) is 74.3 Å². The summed E-state index contributed by atoms with van der Waals surface area (Å²) in [5.74, 6) is -0.533. The molecule has 0 atom stereocenters. The summed E-state index contributed by atoms with van der Waals surface area (Å²) in [6, 6.07) is 9.02. The van der Waals surface area contributed by atoms with E-state index in [1.807, 2.05) is 12.1 Å². The first-order valence-corrected chi connectivity index (χ1v) is 7.43. The van der Waals surface area contributed by atoms with Crippen LogP contribution in [0.15, 0.2) is 48.8 Å². The van der Waals surface area contributed by atoms with E-state index in [2.05, 4.69) is 15.6 Å². The number of aromatic nitrogens is 1. The summed E-state index contributed by atoms with van der Waals surface area (Å²) < 4.78 is 12.8. The highest BCUT2D eigenvalue weighted by molar-refractivity contribution is 5.83. The molecule has 0 fully saturated rings. The van der Waals surface area contributed by atoms with E-state index in [0.717, 1.165) is 11.1 Å². The summed E-state index contributed by atoms with van der Waals surface area (Å²) >= 11 is 0. The van der Waals surface area contributed by atoms with Crippen LogP contribution in [0.3, 0.4) is 0 Å². The Kier molecular flexibility index (Phi) is 6.24. The zero-order chi connectivity index (χ0) is 17.4. The summed E-state index contributed by atoms with van der Waals surface area (Å²) in [5, 5.41) is 5.11. The van der Waals surface area contributed by atoms with Gasteiger partial charge in [0.05, 0.1) is 6.54 Å². The second-order valence-corrected chi connectivity index (χ2v) is 5.27. The lowest BCUT2D eigenvalue weighted by molar-refractivity contribution is -0.129. The van der Waals surface area contributed by atoms with Gasteiger partial charge >= 0.3 is 6.03 Å². The molecule has 2 aromatic rings. The van der Waals surface area contributed by atoms with E-state index in [4.69, 9.17) is 0 Å². The Hall–Kier alpha value is -2.96. The number of carbonyl (C=O) groups is 2. The fraction of sp³-hybridized carbons (Fsp3) is 0.235. The fourth-order valence-corrected chi connectivity index (χ4v) is 1.99. The molecule has 0 saturated heterocycles. The van der Waals surface area contributed by atoms with Crippen molar-refractivity contribution in [1.29, 1.82) is 0 Å². The molecular formula is C17H19FN4O2. The predicted octanol–water partition coefficient (Wildman–Crippen LogP) is 1.68. The van der Waals surface area contributed by atoms with Gasteiger partial charge in [0.1, 0.15) is 5.82 Å². The molecule has 1 aromatic carbocycles. The number of nitrogens with one attached hydrogen (secondary N) is 2. The minimum Gasteiger partial charge on any atom is -0.340 e. The first-order valence-electron chi connectivity index (χ1n) is 7.43. The molecule has 0 bridgehead atoms. The maximum Gasteiger partial charge on any atom is 0.315 e. The minimum atomic E-state index is -0.454. The third-order valence-electron chi connectivity index (χ3n) is 3.36. The standard InChI is InChI=1S/C17H19FN4O2/c1-22(12-14-6-8-19-9-7-14)16(23)11-21-17(24)20-10-13-2-4-15(18)5-3-13/h2-9H,10-12H2,1H3,(H2,20,21,24). The average Bonchev–Trinajstić information content (AvgIpc) is 2.60. The van der Waals surface area contributed by atoms with Crippen molar-refractivity contribution >= 4 is 11.9 Å². The molecule has 0 aliphatic heterocycles. The van der Waals surface area contributed by atoms with Crippen molar-refractivity contribution in [2.45, 2.75) is 13.1 Å². The van der Waals surface area contributed by atoms with E-state index in [1.165, 1.54) is 17.0 Å². The van der Waals surface area contributed by atoms with Crippen LogP contribution in [0.4, 0.5) is 9.18 Å². The number of nitrogens with zero attached hydrogens (tertiary/aromatic N) is 2. The highest BCUT2D eigenvalue weighted by Crippen LogP contribution is 2.02. The molecule has 24 heavy (non-hydrogen) atoms. The van der Waals surface area contributed by atoms with Crippen molar-refractivity contribution in [3.63, 3.8) is 0 Å². The van der Waals surface area contributed by atoms with Gasteiger partial charge in [0.2, 0.25) is 5.91 Å². The number of benzene rings is 1. The average molecular weight is 330 g/mol. The van der Waals surface area contributed by atoms with Crippen LogP contribution in [0.2, 0.25) is 0 Å². The third-order valence-corrected chi connectivity index (χ3v) is 3.36. The Labute approximate surface area is 139 Å². The summed E-state index contributed by atoms with van der Waals surface area (Å²) in [7, 11) is 1.67. The molecule has 126 valence electrons. The van der Waals surface area contributed by atoms with Gasteiger partial charge in [0.15, 0.2) is 0 Å². The fourth-order valence-electron chi connectivity index (χ4n) is 1.99. The molecule has 0 unspecified atom stereocenters. The Balaban J connectivity index is 1.70. The number of hydrogen-bond donors (Lipinski definition) is 2. The van der Waals surface area contributed by atoms with Gasteiger partial charge in [-0.1, -0.05) is 12.1 Å². The Bertz CT molecular complexity index is 677. The van der Waals surface area contributed by atoms with E-state index >= 15 is 0 Å². The molecule has 1 heterocycles. The van der Waals surface area contributed by atoms with Crippen LogP contribution in [-0.4, -0.2) is 35.4 Å². The molecule has 0 aliphatic carbocycles. The first kappa shape index (κ1) is 17.4. The van der Waals surface area contributed by atoms with Crippen molar-refractivity contribution in [2.24, 2.45) is 0 Å². The lowest BCUT2D eigenvalue weighted by Gasteiger charge is -2.17. The number of hydrogen-bond acceptors (Lipinski definition) is 3. The van der Waals surface area contributed by atoms with Crippen molar-refractivity contribution in [2.75, 3.05) is 13.6 Å². The third kappa shape index (κ3) is 5.68. The molecule has 7 heteroatoms. The summed E-state index contributed by atoms with van der Waals surface area (Å²) in [5.41, 5.74) is 1.73. The Morgan fingerprint density at radius 2 is 1.71 bits per heavy atom. The number of likely N-dealkylation sites (N-methyl/N-ethyl adjacent to an activating group) is 1. The number of pyridine rings is 1.